The summed E-state index contributed by atoms with van der Waals surface area (Å²) in [5, 5.41) is 2.91. The summed E-state index contributed by atoms with van der Waals surface area (Å²) < 4.78 is 70.5. The highest BCUT2D eigenvalue weighted by Gasteiger charge is 2.30. The van der Waals surface area contributed by atoms with Crippen molar-refractivity contribution in [3.63, 3.8) is 0 Å². The van der Waals surface area contributed by atoms with Crippen molar-refractivity contribution in [3.05, 3.63) is 35.9 Å². The number of hydrogen-bond acceptors (Lipinski definition) is 8. The van der Waals surface area contributed by atoms with Gasteiger partial charge in [0, 0.05) is 12.6 Å². The molecule has 0 spiro atoms. The summed E-state index contributed by atoms with van der Waals surface area (Å²) in [4.78, 5) is 7.68. The predicted octanol–water partition coefficient (Wildman–Crippen LogP) is 2.21. The van der Waals surface area contributed by atoms with Crippen molar-refractivity contribution in [2.75, 3.05) is 19.0 Å². The van der Waals surface area contributed by atoms with Crippen molar-refractivity contribution in [2.45, 2.75) is 12.8 Å². The Kier molecular flexibility index (Phi) is 6.58. The molecule has 2 aromatic rings. The topological polar surface area (TPSA) is 106 Å². The highest BCUT2D eigenvalue weighted by Crippen LogP contribution is 2.23. The van der Waals surface area contributed by atoms with Crippen LogP contribution >= 0.6 is 0 Å². The van der Waals surface area contributed by atoms with Gasteiger partial charge in [0.2, 0.25) is 5.88 Å². The molecule has 2 rings (SSSR count). The Hall–Kier alpha value is -2.60. The molecule has 0 saturated carbocycles. The van der Waals surface area contributed by atoms with E-state index in [0.29, 0.717) is 13.0 Å². The van der Waals surface area contributed by atoms with Crippen LogP contribution in [0.1, 0.15) is 5.56 Å². The molecule has 0 fully saturated rings. The third kappa shape index (κ3) is 6.72. The molecular formula is C14H13F3N3O5S-. The van der Waals surface area contributed by atoms with E-state index in [1.807, 2.05) is 0 Å². The van der Waals surface area contributed by atoms with Crippen LogP contribution in [-0.4, -0.2) is 38.7 Å². The van der Waals surface area contributed by atoms with E-state index in [-0.39, 0.29) is 23.5 Å². The van der Waals surface area contributed by atoms with Gasteiger partial charge >= 0.3 is 12.4 Å². The summed E-state index contributed by atoms with van der Waals surface area (Å²) in [6, 6.07) is 6.59. The number of hydrogen-bond donors (Lipinski definition) is 1. The Morgan fingerprint density at radius 3 is 2.50 bits per heavy atom. The van der Waals surface area contributed by atoms with Crippen LogP contribution in [0.3, 0.4) is 0 Å². The summed E-state index contributed by atoms with van der Waals surface area (Å²) in [7, 11) is 1.31. The fraction of sp³-hybridized carbons (Fsp3) is 0.286. The molecule has 1 N–H and O–H groups in total. The van der Waals surface area contributed by atoms with Crippen LogP contribution in [0.5, 0.6) is 17.6 Å². The zero-order valence-electron chi connectivity index (χ0n) is 13.3. The Bertz CT molecular complexity index is 758. The minimum absolute atomic E-state index is 0.0934. The molecule has 1 unspecified atom stereocenters. The van der Waals surface area contributed by atoms with Crippen molar-refractivity contribution in [2.24, 2.45) is 0 Å². The minimum atomic E-state index is -4.73. The summed E-state index contributed by atoms with van der Waals surface area (Å²) in [5.74, 6) is -0.266. The lowest BCUT2D eigenvalue weighted by molar-refractivity contribution is -0.274. The van der Waals surface area contributed by atoms with Crippen molar-refractivity contribution >= 4 is 17.2 Å². The fourth-order valence-corrected chi connectivity index (χ4v) is 2.12. The monoisotopic (exact) mass is 392 g/mol. The van der Waals surface area contributed by atoms with Crippen LogP contribution in [0, 0.1) is 0 Å². The Balaban J connectivity index is 1.93. The Morgan fingerprint density at radius 1 is 1.23 bits per heavy atom. The normalized spacial score (nSPS) is 12.3. The molecule has 8 nitrogen and oxygen atoms in total. The third-order valence-corrected chi connectivity index (χ3v) is 3.20. The highest BCUT2D eigenvalue weighted by atomic mass is 32.2. The molecule has 1 heterocycles. The van der Waals surface area contributed by atoms with E-state index < -0.39 is 17.7 Å². The van der Waals surface area contributed by atoms with Crippen LogP contribution in [0.25, 0.3) is 0 Å². The summed E-state index contributed by atoms with van der Waals surface area (Å²) in [6.45, 7) is 0.361. The quantitative estimate of drug-likeness (QED) is 0.682. The Morgan fingerprint density at radius 2 is 1.92 bits per heavy atom. The number of methoxy groups -OCH3 is 1. The molecule has 0 aliphatic rings. The molecule has 1 aromatic carbocycles. The maximum absolute atomic E-state index is 12.1. The van der Waals surface area contributed by atoms with E-state index in [0.717, 1.165) is 5.56 Å². The first-order chi connectivity index (χ1) is 12.2. The lowest BCUT2D eigenvalue weighted by Crippen LogP contribution is -2.17. The van der Waals surface area contributed by atoms with E-state index >= 15 is 0 Å². The van der Waals surface area contributed by atoms with Gasteiger partial charge in [-0.3, -0.25) is 0 Å². The zero-order chi connectivity index (χ0) is 19.2. The first-order valence-electron chi connectivity index (χ1n) is 7.04. The molecule has 0 aliphatic heterocycles. The van der Waals surface area contributed by atoms with Gasteiger partial charge in [0.15, 0.2) is 0 Å². The molecular weight excluding hydrogens is 379 g/mol. The van der Waals surface area contributed by atoms with Crippen molar-refractivity contribution in [1.82, 2.24) is 9.97 Å². The van der Waals surface area contributed by atoms with Gasteiger partial charge in [0.25, 0.3) is 0 Å². The lowest BCUT2D eigenvalue weighted by atomic mass is 10.1. The van der Waals surface area contributed by atoms with E-state index in [2.05, 4.69) is 24.2 Å². The summed E-state index contributed by atoms with van der Waals surface area (Å²) in [5.41, 5.74) is 0.755. The van der Waals surface area contributed by atoms with Crippen LogP contribution in [0.15, 0.2) is 30.3 Å². The highest BCUT2D eigenvalue weighted by molar-refractivity contribution is 7.74. The van der Waals surface area contributed by atoms with E-state index in [1.54, 1.807) is 0 Å². The number of benzene rings is 1. The van der Waals surface area contributed by atoms with Gasteiger partial charge in [-0.15, -0.1) is 13.2 Å². The van der Waals surface area contributed by atoms with Crippen molar-refractivity contribution in [1.29, 1.82) is 0 Å². The molecule has 0 radical (unpaired) electrons. The van der Waals surface area contributed by atoms with Gasteiger partial charge in [-0.05, 0) is 24.1 Å². The second-order valence-corrected chi connectivity index (χ2v) is 5.31. The molecule has 142 valence electrons. The van der Waals surface area contributed by atoms with Gasteiger partial charge in [0.1, 0.15) is 22.9 Å². The smallest absolute Gasteiger partial charge is 0.573 e. The second-order valence-electron chi connectivity index (χ2n) is 4.73. The maximum Gasteiger partial charge on any atom is 0.573 e. The standard InChI is InChI=1S/C14H14F3N3O5S/c1-23-13-19-11(8-12(20-13)25-26(21)22)18-7-6-9-2-4-10(5-3-9)24-14(15,16)17/h2-5,8H,6-7H2,1H3,(H,21,22)(H,18,19,20)/p-1. The molecule has 12 heteroatoms. The SMILES string of the molecule is COc1nc(NCCc2ccc(OC(F)(F)F)cc2)cc(OS(=O)[O-])n1. The molecule has 26 heavy (non-hydrogen) atoms. The van der Waals surface area contributed by atoms with Crippen LogP contribution < -0.4 is 19.0 Å². The average Bonchev–Trinajstić information content (AvgIpc) is 2.54. The van der Waals surface area contributed by atoms with Crippen molar-refractivity contribution in [3.8, 4) is 17.6 Å². The second kappa shape index (κ2) is 8.67. The molecule has 0 aliphatic carbocycles. The predicted molar refractivity (Wildman–Crippen MR) is 83.5 cm³/mol. The van der Waals surface area contributed by atoms with Gasteiger partial charge in [0.05, 0.1) is 7.11 Å². The number of nitrogens with zero attached hydrogens (tertiary/aromatic N) is 2. The van der Waals surface area contributed by atoms with Gasteiger partial charge in [-0.2, -0.15) is 9.97 Å². The van der Waals surface area contributed by atoms with E-state index in [1.165, 1.54) is 37.4 Å². The average molecular weight is 392 g/mol. The number of alkyl halides is 3. The number of ether oxygens (including phenoxy) is 2. The first kappa shape index (κ1) is 19.7. The van der Waals surface area contributed by atoms with E-state index in [4.69, 9.17) is 4.74 Å². The largest absolute Gasteiger partial charge is 0.740 e. The van der Waals surface area contributed by atoms with E-state index in [9.17, 15) is 21.9 Å². The molecule has 1 aromatic heterocycles. The number of nitrogens with one attached hydrogen (secondary N) is 1. The lowest BCUT2D eigenvalue weighted by Gasteiger charge is -2.11. The number of aromatic nitrogens is 2. The zero-order valence-corrected chi connectivity index (χ0v) is 14.1. The minimum Gasteiger partial charge on any atom is -0.740 e. The molecule has 0 amide bonds. The van der Waals surface area contributed by atoms with Gasteiger partial charge < -0.3 is 23.5 Å². The van der Waals surface area contributed by atoms with Crippen molar-refractivity contribution < 1.29 is 35.6 Å². The van der Waals surface area contributed by atoms with Crippen LogP contribution in [0.4, 0.5) is 19.0 Å². The van der Waals surface area contributed by atoms with Gasteiger partial charge in [-0.25, -0.2) is 4.21 Å². The maximum atomic E-state index is 12.1. The van der Waals surface area contributed by atoms with Crippen LogP contribution in [0.2, 0.25) is 0 Å². The number of rotatable bonds is 8. The van der Waals surface area contributed by atoms with Crippen LogP contribution in [-0.2, 0) is 17.8 Å². The Labute approximate surface area is 148 Å². The van der Waals surface area contributed by atoms with Gasteiger partial charge in [-0.1, -0.05) is 12.1 Å². The number of halogens is 3. The first-order valence-corrected chi connectivity index (χ1v) is 8.04. The summed E-state index contributed by atoms with van der Waals surface area (Å²) >= 11 is -2.80. The molecule has 0 saturated heterocycles. The third-order valence-electron chi connectivity index (χ3n) is 2.89. The molecule has 0 bridgehead atoms. The summed E-state index contributed by atoms with van der Waals surface area (Å²) in [6.07, 6.45) is -4.27. The molecule has 1 atom stereocenters. The fourth-order valence-electron chi connectivity index (χ4n) is 1.89. The number of anilines is 1.